The molecule has 2 N–H and O–H groups in total. The number of carbonyl (C=O) groups excluding carboxylic acids is 2. The molecule has 2 aromatic carbocycles. The lowest BCUT2D eigenvalue weighted by Gasteiger charge is -2.04. The summed E-state index contributed by atoms with van der Waals surface area (Å²) in [6.45, 7) is 1.96. The van der Waals surface area contributed by atoms with Gasteiger partial charge in [-0.2, -0.15) is 0 Å². The van der Waals surface area contributed by atoms with Crippen molar-refractivity contribution in [1.82, 2.24) is 10.2 Å². The van der Waals surface area contributed by atoms with Crippen LogP contribution in [0.3, 0.4) is 0 Å². The number of nitrogens with one attached hydrogen (secondary N) is 2. The number of aromatic nitrogens is 2. The Morgan fingerprint density at radius 1 is 1.11 bits per heavy atom. The van der Waals surface area contributed by atoms with Gasteiger partial charge in [-0.25, -0.2) is 0 Å². The van der Waals surface area contributed by atoms with Gasteiger partial charge in [0.2, 0.25) is 11.0 Å². The first-order valence-electron chi connectivity index (χ1n) is 7.89. The summed E-state index contributed by atoms with van der Waals surface area (Å²) in [4.78, 5) is 24.2. The number of hydrogen-bond acceptors (Lipinski definition) is 6. The molecule has 0 atom stereocenters. The third-order valence-electron chi connectivity index (χ3n) is 3.34. The van der Waals surface area contributed by atoms with Crippen molar-refractivity contribution < 1.29 is 9.59 Å². The molecule has 6 nitrogen and oxygen atoms in total. The van der Waals surface area contributed by atoms with Gasteiger partial charge in [0.15, 0.2) is 4.34 Å². The zero-order valence-electron chi connectivity index (χ0n) is 14.2. The smallest absolute Gasteiger partial charge is 0.257 e. The van der Waals surface area contributed by atoms with Gasteiger partial charge in [0, 0.05) is 16.3 Å². The van der Waals surface area contributed by atoms with Gasteiger partial charge in [0.1, 0.15) is 0 Å². The van der Waals surface area contributed by atoms with Crippen molar-refractivity contribution in [3.8, 4) is 0 Å². The summed E-state index contributed by atoms with van der Waals surface area (Å²) in [6, 6.07) is 14.2. The third-order valence-corrected chi connectivity index (χ3v) is 5.55. The first-order chi connectivity index (χ1) is 13.0. The van der Waals surface area contributed by atoms with Crippen LogP contribution in [0.5, 0.6) is 0 Å². The van der Waals surface area contributed by atoms with Crippen LogP contribution in [0.4, 0.5) is 10.8 Å². The quantitative estimate of drug-likeness (QED) is 0.455. The highest BCUT2D eigenvalue weighted by Crippen LogP contribution is 2.26. The normalized spacial score (nSPS) is 10.4. The van der Waals surface area contributed by atoms with Gasteiger partial charge in [-0.1, -0.05) is 52.9 Å². The topological polar surface area (TPSA) is 84.0 Å². The predicted octanol–water partition coefficient (Wildman–Crippen LogP) is 4.48. The van der Waals surface area contributed by atoms with Crippen molar-refractivity contribution in [3.63, 3.8) is 0 Å². The van der Waals surface area contributed by atoms with E-state index in [9.17, 15) is 9.59 Å². The number of carbonyl (C=O) groups is 2. The minimum atomic E-state index is -0.317. The van der Waals surface area contributed by atoms with Crippen LogP contribution >= 0.6 is 34.7 Å². The molecule has 0 aliphatic carbocycles. The molecule has 9 heteroatoms. The molecule has 1 heterocycles. The molecule has 3 rings (SSSR count). The van der Waals surface area contributed by atoms with E-state index in [1.54, 1.807) is 24.3 Å². The van der Waals surface area contributed by atoms with Crippen molar-refractivity contribution >= 4 is 57.3 Å². The average Bonchev–Trinajstić information content (AvgIpc) is 3.07. The Bertz CT molecular complexity index is 977. The van der Waals surface area contributed by atoms with Crippen LogP contribution < -0.4 is 10.6 Å². The van der Waals surface area contributed by atoms with Crippen molar-refractivity contribution in [3.05, 3.63) is 64.7 Å². The maximum atomic E-state index is 12.2. The van der Waals surface area contributed by atoms with E-state index in [1.807, 2.05) is 31.2 Å². The number of nitrogens with zero attached hydrogens (tertiary/aromatic N) is 2. The molecule has 0 aliphatic rings. The van der Waals surface area contributed by atoms with Crippen molar-refractivity contribution in [2.75, 3.05) is 16.4 Å². The highest BCUT2D eigenvalue weighted by molar-refractivity contribution is 8.01. The largest absolute Gasteiger partial charge is 0.325 e. The highest BCUT2D eigenvalue weighted by atomic mass is 35.5. The molecule has 0 radical (unpaired) electrons. The lowest BCUT2D eigenvalue weighted by Crippen LogP contribution is -2.13. The minimum absolute atomic E-state index is 0.134. The number of thioether (sulfide) groups is 1. The Labute approximate surface area is 169 Å². The van der Waals surface area contributed by atoms with E-state index in [1.165, 1.54) is 23.1 Å². The van der Waals surface area contributed by atoms with E-state index in [-0.39, 0.29) is 17.6 Å². The summed E-state index contributed by atoms with van der Waals surface area (Å²) in [6.07, 6.45) is 0. The number of amides is 2. The molecule has 0 spiro atoms. The Hall–Kier alpha value is -2.42. The Morgan fingerprint density at radius 3 is 2.70 bits per heavy atom. The molecule has 0 saturated heterocycles. The summed E-state index contributed by atoms with van der Waals surface area (Å²) in [5.74, 6) is -0.252. The molecule has 27 heavy (non-hydrogen) atoms. The van der Waals surface area contributed by atoms with E-state index in [4.69, 9.17) is 11.6 Å². The molecular formula is C18H15ClN4O2S2. The lowest BCUT2D eigenvalue weighted by atomic mass is 10.2. The fraction of sp³-hybridized carbons (Fsp3) is 0.111. The summed E-state index contributed by atoms with van der Waals surface area (Å²) in [7, 11) is 0. The van der Waals surface area contributed by atoms with Gasteiger partial charge >= 0.3 is 0 Å². The average molecular weight is 419 g/mol. The van der Waals surface area contributed by atoms with E-state index in [0.29, 0.717) is 20.1 Å². The van der Waals surface area contributed by atoms with Crippen molar-refractivity contribution in [2.45, 2.75) is 11.3 Å². The maximum absolute atomic E-state index is 12.2. The molecule has 0 unspecified atom stereocenters. The molecule has 138 valence electrons. The van der Waals surface area contributed by atoms with E-state index in [0.717, 1.165) is 11.3 Å². The van der Waals surface area contributed by atoms with Crippen molar-refractivity contribution in [2.24, 2.45) is 0 Å². The minimum Gasteiger partial charge on any atom is -0.325 e. The van der Waals surface area contributed by atoms with E-state index >= 15 is 0 Å². The van der Waals surface area contributed by atoms with E-state index in [2.05, 4.69) is 20.8 Å². The molecule has 0 fully saturated rings. The molecule has 0 aliphatic heterocycles. The van der Waals surface area contributed by atoms with Crippen LogP contribution in [-0.2, 0) is 4.79 Å². The van der Waals surface area contributed by atoms with Crippen LogP contribution in [0.1, 0.15) is 15.9 Å². The first-order valence-corrected chi connectivity index (χ1v) is 10.1. The van der Waals surface area contributed by atoms with Crippen LogP contribution in [0, 0.1) is 6.92 Å². The zero-order chi connectivity index (χ0) is 19.2. The molecular weight excluding hydrogens is 404 g/mol. The second-order valence-corrected chi connectivity index (χ2v) is 8.18. The molecule has 0 bridgehead atoms. The van der Waals surface area contributed by atoms with Crippen LogP contribution in [0.2, 0.25) is 5.02 Å². The first kappa shape index (κ1) is 19.3. The second kappa shape index (κ2) is 8.98. The number of anilines is 2. The SMILES string of the molecule is Cc1cccc(NC(=O)CSc2nnc(NC(=O)c3cccc(Cl)c3)s2)c1. The number of rotatable bonds is 6. The van der Waals surface area contributed by atoms with Gasteiger partial charge in [0.05, 0.1) is 5.75 Å². The second-order valence-electron chi connectivity index (χ2n) is 5.54. The predicted molar refractivity (Wildman–Crippen MR) is 110 cm³/mol. The van der Waals surface area contributed by atoms with Gasteiger partial charge < -0.3 is 5.32 Å². The monoisotopic (exact) mass is 418 g/mol. The molecule has 2 amide bonds. The Balaban J connectivity index is 1.52. The standard InChI is InChI=1S/C18H15ClN4O2S2/c1-11-4-2-7-14(8-11)20-15(24)10-26-18-23-22-17(27-18)21-16(25)12-5-3-6-13(19)9-12/h2-9H,10H2,1H3,(H,20,24)(H,21,22,25). The number of hydrogen-bond donors (Lipinski definition) is 2. The number of halogens is 1. The van der Waals surface area contributed by atoms with Crippen LogP contribution in [0.25, 0.3) is 0 Å². The van der Waals surface area contributed by atoms with Gasteiger partial charge in [-0.05, 0) is 42.8 Å². The lowest BCUT2D eigenvalue weighted by molar-refractivity contribution is -0.113. The molecule has 0 saturated carbocycles. The summed E-state index contributed by atoms with van der Waals surface area (Å²) >= 11 is 8.35. The van der Waals surface area contributed by atoms with Gasteiger partial charge in [-0.3, -0.25) is 14.9 Å². The van der Waals surface area contributed by atoms with E-state index < -0.39 is 0 Å². The Kier molecular flexibility index (Phi) is 6.44. The number of benzene rings is 2. The van der Waals surface area contributed by atoms with Crippen LogP contribution in [0.15, 0.2) is 52.9 Å². The van der Waals surface area contributed by atoms with Crippen molar-refractivity contribution in [1.29, 1.82) is 0 Å². The number of aryl methyl sites for hydroxylation is 1. The highest BCUT2D eigenvalue weighted by Gasteiger charge is 2.12. The van der Waals surface area contributed by atoms with Crippen LogP contribution in [-0.4, -0.2) is 27.8 Å². The zero-order valence-corrected chi connectivity index (χ0v) is 16.6. The summed E-state index contributed by atoms with van der Waals surface area (Å²) in [5.41, 5.74) is 2.27. The Morgan fingerprint density at radius 2 is 1.93 bits per heavy atom. The fourth-order valence-corrected chi connectivity index (χ4v) is 3.90. The van der Waals surface area contributed by atoms with Gasteiger partial charge in [-0.15, -0.1) is 10.2 Å². The maximum Gasteiger partial charge on any atom is 0.257 e. The third kappa shape index (κ3) is 5.78. The molecule has 1 aromatic heterocycles. The summed E-state index contributed by atoms with van der Waals surface area (Å²) < 4.78 is 0.593. The fourth-order valence-electron chi connectivity index (χ4n) is 2.16. The van der Waals surface area contributed by atoms with Gasteiger partial charge in [0.25, 0.3) is 5.91 Å². The molecule has 3 aromatic rings. The summed E-state index contributed by atoms with van der Waals surface area (Å²) in [5, 5.41) is 14.3.